The summed E-state index contributed by atoms with van der Waals surface area (Å²) in [5, 5.41) is 13.6. The van der Waals surface area contributed by atoms with Gasteiger partial charge in [0.2, 0.25) is 0 Å². The van der Waals surface area contributed by atoms with Gasteiger partial charge in [0.1, 0.15) is 12.4 Å². The second-order valence-electron chi connectivity index (χ2n) is 3.95. The summed E-state index contributed by atoms with van der Waals surface area (Å²) in [5.41, 5.74) is 2.14. The second kappa shape index (κ2) is 5.49. The number of carboxylic acids is 1. The molecule has 1 aromatic heterocycles. The Morgan fingerprint density at radius 2 is 2.26 bits per heavy atom. The lowest BCUT2D eigenvalue weighted by Crippen LogP contribution is -2.02. The van der Waals surface area contributed by atoms with E-state index in [1.807, 2.05) is 0 Å². The van der Waals surface area contributed by atoms with Gasteiger partial charge in [-0.1, -0.05) is 30.9 Å². The summed E-state index contributed by atoms with van der Waals surface area (Å²) in [7, 11) is 1.57. The number of aromatic carboxylic acids is 1. The van der Waals surface area contributed by atoms with Crippen molar-refractivity contribution in [3.05, 3.63) is 48.2 Å². The first-order valence-electron chi connectivity index (χ1n) is 5.69. The van der Waals surface area contributed by atoms with Crippen LogP contribution in [0.3, 0.4) is 0 Å². The van der Waals surface area contributed by atoms with Crippen LogP contribution in [-0.4, -0.2) is 28.0 Å². The summed E-state index contributed by atoms with van der Waals surface area (Å²) in [4.78, 5) is 11.2. The van der Waals surface area contributed by atoms with Crippen LogP contribution < -0.4 is 0 Å². The number of carbonyl (C=O) groups is 1. The summed E-state index contributed by atoms with van der Waals surface area (Å²) < 4.78 is 6.61. The lowest BCUT2D eigenvalue weighted by atomic mass is 10.0. The fraction of sp³-hybridized carbons (Fsp3) is 0.143. The van der Waals surface area contributed by atoms with Crippen LogP contribution in [0.5, 0.6) is 0 Å². The van der Waals surface area contributed by atoms with Crippen LogP contribution in [0.4, 0.5) is 0 Å². The zero-order valence-corrected chi connectivity index (χ0v) is 10.5. The molecule has 0 unspecified atom stereocenters. The average molecular weight is 258 g/mol. The quantitative estimate of drug-likeness (QED) is 0.894. The predicted octanol–water partition coefficient (Wildman–Crippen LogP) is 2.50. The number of methoxy groups -OCH3 is 1. The second-order valence-corrected chi connectivity index (χ2v) is 3.95. The van der Waals surface area contributed by atoms with Gasteiger partial charge in [0.25, 0.3) is 0 Å². The van der Waals surface area contributed by atoms with Crippen LogP contribution in [0, 0.1) is 0 Å². The SMILES string of the molecule is C=Cc1cn(COC)nc1-c1ccccc1C(=O)O. The molecule has 0 radical (unpaired) electrons. The van der Waals surface area contributed by atoms with Gasteiger partial charge in [-0.15, -0.1) is 0 Å². The zero-order chi connectivity index (χ0) is 13.8. The summed E-state index contributed by atoms with van der Waals surface area (Å²) in [6.07, 6.45) is 3.41. The molecule has 0 fully saturated rings. The van der Waals surface area contributed by atoms with Gasteiger partial charge in [-0.05, 0) is 6.07 Å². The van der Waals surface area contributed by atoms with Gasteiger partial charge < -0.3 is 9.84 Å². The molecule has 0 saturated heterocycles. The highest BCUT2D eigenvalue weighted by molar-refractivity contribution is 5.96. The van der Waals surface area contributed by atoms with Crippen LogP contribution in [0.2, 0.25) is 0 Å². The third kappa shape index (κ3) is 2.56. The Balaban J connectivity index is 2.58. The first-order chi connectivity index (χ1) is 9.17. The highest BCUT2D eigenvalue weighted by Gasteiger charge is 2.16. The Hall–Kier alpha value is -2.40. The molecule has 0 aliphatic rings. The van der Waals surface area contributed by atoms with E-state index in [-0.39, 0.29) is 5.56 Å². The Bertz CT molecular complexity index is 617. The maximum Gasteiger partial charge on any atom is 0.336 e. The number of nitrogens with zero attached hydrogens (tertiary/aromatic N) is 2. The number of benzene rings is 1. The average Bonchev–Trinajstić information content (AvgIpc) is 2.82. The van der Waals surface area contributed by atoms with Crippen molar-refractivity contribution >= 4 is 12.0 Å². The van der Waals surface area contributed by atoms with Gasteiger partial charge >= 0.3 is 5.97 Å². The van der Waals surface area contributed by atoms with Crippen molar-refractivity contribution in [2.24, 2.45) is 0 Å². The van der Waals surface area contributed by atoms with Crippen molar-refractivity contribution in [1.29, 1.82) is 0 Å². The van der Waals surface area contributed by atoms with Gasteiger partial charge in [0, 0.05) is 24.4 Å². The van der Waals surface area contributed by atoms with Gasteiger partial charge in [-0.25, -0.2) is 9.48 Å². The number of ether oxygens (including phenoxy) is 1. The predicted molar refractivity (Wildman–Crippen MR) is 71.7 cm³/mol. The standard InChI is InChI=1S/C14H14N2O3/c1-3-10-8-16(9-19-2)15-13(10)11-6-4-5-7-12(11)14(17)18/h3-8H,1,9H2,2H3,(H,17,18). The Kier molecular flexibility index (Phi) is 3.77. The number of aromatic nitrogens is 2. The Labute approximate surface area is 110 Å². The molecule has 0 saturated carbocycles. The van der Waals surface area contributed by atoms with E-state index in [1.54, 1.807) is 48.3 Å². The molecule has 1 N–H and O–H groups in total. The molecule has 1 aromatic carbocycles. The normalized spacial score (nSPS) is 10.4. The summed E-state index contributed by atoms with van der Waals surface area (Å²) in [5.74, 6) is -0.980. The van der Waals surface area contributed by atoms with Crippen molar-refractivity contribution < 1.29 is 14.6 Å². The highest BCUT2D eigenvalue weighted by Crippen LogP contribution is 2.26. The topological polar surface area (TPSA) is 64.4 Å². The summed E-state index contributed by atoms with van der Waals surface area (Å²) in [6, 6.07) is 6.76. The first kappa shape index (κ1) is 13.0. The number of carboxylic acid groups (broad SMARTS) is 1. The number of hydrogen-bond acceptors (Lipinski definition) is 3. The monoisotopic (exact) mass is 258 g/mol. The van der Waals surface area contributed by atoms with Crippen LogP contribution >= 0.6 is 0 Å². The van der Waals surface area contributed by atoms with Crippen LogP contribution in [-0.2, 0) is 11.5 Å². The zero-order valence-electron chi connectivity index (χ0n) is 10.5. The van der Waals surface area contributed by atoms with E-state index in [1.165, 1.54) is 0 Å². The van der Waals surface area contributed by atoms with E-state index in [9.17, 15) is 9.90 Å². The molecule has 2 aromatic rings. The molecule has 0 bridgehead atoms. The molecule has 5 heteroatoms. The van der Waals surface area contributed by atoms with Crippen molar-refractivity contribution in [2.45, 2.75) is 6.73 Å². The van der Waals surface area contributed by atoms with E-state index in [0.29, 0.717) is 18.0 Å². The molecule has 0 spiro atoms. The molecule has 2 rings (SSSR count). The number of rotatable bonds is 5. The molecule has 0 amide bonds. The first-order valence-corrected chi connectivity index (χ1v) is 5.69. The van der Waals surface area contributed by atoms with E-state index in [4.69, 9.17) is 4.74 Å². The maximum atomic E-state index is 11.2. The van der Waals surface area contributed by atoms with Crippen molar-refractivity contribution in [1.82, 2.24) is 9.78 Å². The van der Waals surface area contributed by atoms with E-state index < -0.39 is 5.97 Å². The third-order valence-corrected chi connectivity index (χ3v) is 2.68. The largest absolute Gasteiger partial charge is 0.478 e. The fourth-order valence-corrected chi connectivity index (χ4v) is 1.87. The minimum Gasteiger partial charge on any atom is -0.478 e. The molecular weight excluding hydrogens is 244 g/mol. The smallest absolute Gasteiger partial charge is 0.336 e. The van der Waals surface area contributed by atoms with E-state index in [2.05, 4.69) is 11.7 Å². The summed E-state index contributed by atoms with van der Waals surface area (Å²) in [6.45, 7) is 4.03. The van der Waals surface area contributed by atoms with Crippen LogP contribution in [0.25, 0.3) is 17.3 Å². The summed E-state index contributed by atoms with van der Waals surface area (Å²) >= 11 is 0. The molecule has 98 valence electrons. The highest BCUT2D eigenvalue weighted by atomic mass is 16.5. The van der Waals surface area contributed by atoms with Gasteiger partial charge in [-0.3, -0.25) is 0 Å². The molecule has 1 heterocycles. The Morgan fingerprint density at radius 1 is 1.53 bits per heavy atom. The number of hydrogen-bond donors (Lipinski definition) is 1. The molecule has 19 heavy (non-hydrogen) atoms. The van der Waals surface area contributed by atoms with Gasteiger partial charge in [0.05, 0.1) is 5.56 Å². The molecule has 0 atom stereocenters. The molecule has 0 aliphatic heterocycles. The lowest BCUT2D eigenvalue weighted by molar-refractivity contribution is 0.0697. The lowest BCUT2D eigenvalue weighted by Gasteiger charge is -2.04. The maximum absolute atomic E-state index is 11.2. The molecular formula is C14H14N2O3. The molecule has 5 nitrogen and oxygen atoms in total. The van der Waals surface area contributed by atoms with Crippen molar-refractivity contribution in [3.63, 3.8) is 0 Å². The minimum atomic E-state index is -0.980. The Morgan fingerprint density at radius 3 is 2.89 bits per heavy atom. The van der Waals surface area contributed by atoms with E-state index >= 15 is 0 Å². The van der Waals surface area contributed by atoms with Crippen molar-refractivity contribution in [2.75, 3.05) is 7.11 Å². The van der Waals surface area contributed by atoms with Gasteiger partial charge in [-0.2, -0.15) is 5.10 Å². The minimum absolute atomic E-state index is 0.216. The van der Waals surface area contributed by atoms with Crippen LogP contribution in [0.15, 0.2) is 37.0 Å². The third-order valence-electron chi connectivity index (χ3n) is 2.68. The van der Waals surface area contributed by atoms with Crippen molar-refractivity contribution in [3.8, 4) is 11.3 Å². The van der Waals surface area contributed by atoms with E-state index in [0.717, 1.165) is 5.56 Å². The van der Waals surface area contributed by atoms with Crippen LogP contribution in [0.1, 0.15) is 15.9 Å². The fourth-order valence-electron chi connectivity index (χ4n) is 1.87. The molecule has 0 aliphatic carbocycles. The van der Waals surface area contributed by atoms with Gasteiger partial charge in [0.15, 0.2) is 0 Å².